The zero-order chi connectivity index (χ0) is 21.8. The van der Waals surface area contributed by atoms with Gasteiger partial charge < -0.3 is 14.5 Å². The first-order chi connectivity index (χ1) is 14.3. The SMILES string of the molecule is CC(=O)N1CCN(C(=O)c2nc(C)nc(C)c2C(=O)OCc2ccccc2)CC1C. The van der Waals surface area contributed by atoms with Crippen LogP contribution in [0.3, 0.4) is 0 Å². The number of carbonyl (C=O) groups excluding carboxylic acids is 3. The molecule has 0 spiro atoms. The van der Waals surface area contributed by atoms with Crippen LogP contribution in [0.4, 0.5) is 0 Å². The van der Waals surface area contributed by atoms with Gasteiger partial charge in [-0.2, -0.15) is 0 Å². The summed E-state index contributed by atoms with van der Waals surface area (Å²) >= 11 is 0. The van der Waals surface area contributed by atoms with Crippen LogP contribution in [0.2, 0.25) is 0 Å². The summed E-state index contributed by atoms with van der Waals surface area (Å²) in [6, 6.07) is 9.20. The van der Waals surface area contributed by atoms with E-state index in [0.29, 0.717) is 31.2 Å². The van der Waals surface area contributed by atoms with E-state index in [9.17, 15) is 14.4 Å². The normalized spacial score (nSPS) is 16.3. The van der Waals surface area contributed by atoms with Crippen molar-refractivity contribution in [1.29, 1.82) is 0 Å². The largest absolute Gasteiger partial charge is 0.457 e. The van der Waals surface area contributed by atoms with Crippen molar-refractivity contribution in [2.75, 3.05) is 19.6 Å². The minimum atomic E-state index is -0.630. The lowest BCUT2D eigenvalue weighted by molar-refractivity contribution is -0.132. The van der Waals surface area contributed by atoms with E-state index in [0.717, 1.165) is 5.56 Å². The van der Waals surface area contributed by atoms with Gasteiger partial charge in [0.05, 0.1) is 5.69 Å². The summed E-state index contributed by atoms with van der Waals surface area (Å²) < 4.78 is 5.44. The molecule has 0 N–H and O–H groups in total. The number of hydrogen-bond acceptors (Lipinski definition) is 6. The van der Waals surface area contributed by atoms with Crippen molar-refractivity contribution >= 4 is 17.8 Å². The average molecular weight is 410 g/mol. The number of ether oxygens (including phenoxy) is 1. The summed E-state index contributed by atoms with van der Waals surface area (Å²) in [6.45, 7) is 8.05. The van der Waals surface area contributed by atoms with Gasteiger partial charge >= 0.3 is 5.97 Å². The van der Waals surface area contributed by atoms with Crippen LogP contribution in [0.5, 0.6) is 0 Å². The van der Waals surface area contributed by atoms with E-state index in [-0.39, 0.29) is 35.7 Å². The second kappa shape index (κ2) is 9.02. The molecule has 1 aliphatic heterocycles. The molecule has 0 aliphatic carbocycles. The highest BCUT2D eigenvalue weighted by atomic mass is 16.5. The standard InChI is InChI=1S/C22H26N4O4/c1-14-12-25(10-11-26(14)17(4)27)21(28)20-19(15(2)23-16(3)24-20)22(29)30-13-18-8-6-5-7-9-18/h5-9,14H,10-13H2,1-4H3. The maximum atomic E-state index is 13.3. The molecule has 0 saturated carbocycles. The maximum Gasteiger partial charge on any atom is 0.342 e. The van der Waals surface area contributed by atoms with Crippen LogP contribution in [0.25, 0.3) is 0 Å². The number of piperazine rings is 1. The van der Waals surface area contributed by atoms with Crippen molar-refractivity contribution in [1.82, 2.24) is 19.8 Å². The third-order valence-corrected chi connectivity index (χ3v) is 5.14. The van der Waals surface area contributed by atoms with Gasteiger partial charge in [-0.3, -0.25) is 9.59 Å². The van der Waals surface area contributed by atoms with Crippen LogP contribution in [0.1, 0.15) is 51.8 Å². The molecule has 1 aromatic carbocycles. The lowest BCUT2D eigenvalue weighted by Gasteiger charge is -2.39. The van der Waals surface area contributed by atoms with Crippen LogP contribution >= 0.6 is 0 Å². The number of esters is 1. The van der Waals surface area contributed by atoms with Gasteiger partial charge in [-0.15, -0.1) is 0 Å². The molecular formula is C22H26N4O4. The first kappa shape index (κ1) is 21.4. The highest BCUT2D eigenvalue weighted by molar-refractivity contribution is 6.04. The van der Waals surface area contributed by atoms with Crippen LogP contribution in [-0.4, -0.2) is 63.2 Å². The van der Waals surface area contributed by atoms with Crippen molar-refractivity contribution in [3.8, 4) is 0 Å². The second-order valence-corrected chi connectivity index (χ2v) is 7.45. The molecule has 1 fully saturated rings. The van der Waals surface area contributed by atoms with Crippen molar-refractivity contribution in [3.05, 3.63) is 58.7 Å². The van der Waals surface area contributed by atoms with Crippen LogP contribution in [0, 0.1) is 13.8 Å². The Hall–Kier alpha value is -3.29. The topological polar surface area (TPSA) is 92.7 Å². The Bertz CT molecular complexity index is 961. The Morgan fingerprint density at radius 3 is 2.43 bits per heavy atom. The lowest BCUT2D eigenvalue weighted by atomic mass is 10.1. The summed E-state index contributed by atoms with van der Waals surface area (Å²) in [5.41, 5.74) is 1.38. The van der Waals surface area contributed by atoms with Crippen molar-refractivity contribution in [2.45, 2.75) is 40.3 Å². The summed E-state index contributed by atoms with van der Waals surface area (Å²) in [7, 11) is 0. The fourth-order valence-electron chi connectivity index (χ4n) is 3.67. The monoisotopic (exact) mass is 410 g/mol. The maximum absolute atomic E-state index is 13.3. The van der Waals surface area contributed by atoms with Crippen LogP contribution in [0.15, 0.2) is 30.3 Å². The summed E-state index contributed by atoms with van der Waals surface area (Å²) in [5.74, 6) is -0.597. The molecule has 30 heavy (non-hydrogen) atoms. The van der Waals surface area contributed by atoms with Crippen LogP contribution in [-0.2, 0) is 16.1 Å². The zero-order valence-electron chi connectivity index (χ0n) is 17.7. The molecule has 1 aromatic heterocycles. The Morgan fingerprint density at radius 2 is 1.80 bits per heavy atom. The van der Waals surface area contributed by atoms with E-state index in [1.54, 1.807) is 23.6 Å². The van der Waals surface area contributed by atoms with E-state index in [4.69, 9.17) is 4.74 Å². The van der Waals surface area contributed by atoms with Gasteiger partial charge in [-0.05, 0) is 26.3 Å². The van der Waals surface area contributed by atoms with Crippen molar-refractivity contribution in [2.24, 2.45) is 0 Å². The highest BCUT2D eigenvalue weighted by Gasteiger charge is 2.32. The van der Waals surface area contributed by atoms with Gasteiger partial charge in [-0.1, -0.05) is 30.3 Å². The summed E-state index contributed by atoms with van der Waals surface area (Å²) in [5, 5.41) is 0. The molecule has 2 amide bonds. The van der Waals surface area contributed by atoms with Gasteiger partial charge in [0.1, 0.15) is 23.7 Å². The predicted octanol–water partition coefficient (Wildman–Crippen LogP) is 2.14. The number of amides is 2. The molecule has 0 bridgehead atoms. The number of carbonyl (C=O) groups is 3. The third-order valence-electron chi connectivity index (χ3n) is 5.14. The molecule has 1 unspecified atom stereocenters. The molecule has 8 nitrogen and oxygen atoms in total. The Morgan fingerprint density at radius 1 is 1.10 bits per heavy atom. The molecule has 1 saturated heterocycles. The molecule has 0 radical (unpaired) electrons. The van der Waals surface area contributed by atoms with Crippen LogP contribution < -0.4 is 0 Å². The smallest absolute Gasteiger partial charge is 0.342 e. The van der Waals surface area contributed by atoms with E-state index >= 15 is 0 Å². The second-order valence-electron chi connectivity index (χ2n) is 7.45. The molecule has 1 atom stereocenters. The molecule has 3 rings (SSSR count). The number of hydrogen-bond donors (Lipinski definition) is 0. The Kier molecular flexibility index (Phi) is 6.44. The van der Waals surface area contributed by atoms with E-state index < -0.39 is 5.97 Å². The van der Waals surface area contributed by atoms with Gasteiger partial charge in [0.2, 0.25) is 5.91 Å². The minimum Gasteiger partial charge on any atom is -0.457 e. The van der Waals surface area contributed by atoms with Gasteiger partial charge in [-0.25, -0.2) is 14.8 Å². The van der Waals surface area contributed by atoms with E-state index in [2.05, 4.69) is 9.97 Å². The number of aryl methyl sites for hydroxylation is 2. The summed E-state index contributed by atoms with van der Waals surface area (Å²) in [6.07, 6.45) is 0. The average Bonchev–Trinajstić information content (AvgIpc) is 2.71. The van der Waals surface area contributed by atoms with E-state index in [1.165, 1.54) is 6.92 Å². The van der Waals surface area contributed by atoms with Crippen molar-refractivity contribution < 1.29 is 19.1 Å². The third kappa shape index (κ3) is 4.64. The Balaban J connectivity index is 1.83. The molecule has 1 aliphatic rings. The number of rotatable bonds is 4. The first-order valence-electron chi connectivity index (χ1n) is 9.90. The molecular weight excluding hydrogens is 384 g/mol. The fraction of sp³-hybridized carbons (Fsp3) is 0.409. The van der Waals surface area contributed by atoms with Gasteiger partial charge in [0.25, 0.3) is 5.91 Å². The van der Waals surface area contributed by atoms with Gasteiger partial charge in [0, 0.05) is 32.6 Å². The fourth-order valence-corrected chi connectivity index (χ4v) is 3.67. The van der Waals surface area contributed by atoms with Crippen molar-refractivity contribution in [3.63, 3.8) is 0 Å². The number of nitrogens with zero attached hydrogens (tertiary/aromatic N) is 4. The molecule has 2 aromatic rings. The Labute approximate surface area is 175 Å². The summed E-state index contributed by atoms with van der Waals surface area (Å²) in [4.78, 5) is 49.7. The number of aromatic nitrogens is 2. The molecule has 2 heterocycles. The van der Waals surface area contributed by atoms with Gasteiger partial charge in [0.15, 0.2) is 0 Å². The minimum absolute atomic E-state index is 0.0199. The highest BCUT2D eigenvalue weighted by Crippen LogP contribution is 2.19. The molecule has 8 heteroatoms. The lowest BCUT2D eigenvalue weighted by Crippen LogP contribution is -2.55. The van der Waals surface area contributed by atoms with E-state index in [1.807, 2.05) is 37.3 Å². The zero-order valence-corrected chi connectivity index (χ0v) is 17.7. The quantitative estimate of drug-likeness (QED) is 0.717. The predicted molar refractivity (Wildman–Crippen MR) is 110 cm³/mol. The molecule has 158 valence electrons. The first-order valence-corrected chi connectivity index (χ1v) is 9.90. The number of benzene rings is 1.